The van der Waals surface area contributed by atoms with Gasteiger partial charge in [0.1, 0.15) is 6.17 Å². The second kappa shape index (κ2) is 7.41. The lowest BCUT2D eigenvalue weighted by atomic mass is 10.1. The highest BCUT2D eigenvalue weighted by atomic mass is 32.1. The van der Waals surface area contributed by atoms with Crippen molar-refractivity contribution in [2.75, 3.05) is 0 Å². The molecule has 1 N–H and O–H groups in total. The van der Waals surface area contributed by atoms with Crippen molar-refractivity contribution in [1.29, 1.82) is 0 Å². The fraction of sp³-hybridized carbons (Fsp3) is 0.706. The number of thiophene rings is 1. The van der Waals surface area contributed by atoms with Crippen LogP contribution in [-0.4, -0.2) is 22.9 Å². The third-order valence-corrected chi connectivity index (χ3v) is 5.46. The molecule has 118 valence electrons. The van der Waals surface area contributed by atoms with E-state index in [1.165, 1.54) is 9.75 Å². The molecule has 0 bridgehead atoms. The molecule has 0 spiro atoms. The number of hydrogen-bond acceptors (Lipinski definition) is 3. The molecule has 2 rings (SSSR count). The zero-order valence-electron chi connectivity index (χ0n) is 13.7. The molecule has 1 aromatic heterocycles. The average Bonchev–Trinajstić information content (AvgIpc) is 3.04. The van der Waals surface area contributed by atoms with Crippen molar-refractivity contribution in [3.8, 4) is 0 Å². The molecular weight excluding hydrogens is 280 g/mol. The third-order valence-electron chi connectivity index (χ3n) is 4.40. The number of carbonyl (C=O) groups is 1. The SMILES string of the molecule is CCCCC1NC(c2ccc(C)s2)N(C(CC)CC)C1=O. The molecule has 1 fully saturated rings. The van der Waals surface area contributed by atoms with Gasteiger partial charge in [0.2, 0.25) is 5.91 Å². The Morgan fingerprint density at radius 1 is 1.29 bits per heavy atom. The second-order valence-corrected chi connectivity index (χ2v) is 7.25. The summed E-state index contributed by atoms with van der Waals surface area (Å²) in [7, 11) is 0. The van der Waals surface area contributed by atoms with Crippen LogP contribution in [0.5, 0.6) is 0 Å². The van der Waals surface area contributed by atoms with Crippen LogP contribution in [0.25, 0.3) is 0 Å². The molecule has 21 heavy (non-hydrogen) atoms. The minimum absolute atomic E-state index is 0.00189. The van der Waals surface area contributed by atoms with Crippen molar-refractivity contribution in [1.82, 2.24) is 10.2 Å². The molecule has 0 radical (unpaired) electrons. The summed E-state index contributed by atoms with van der Waals surface area (Å²) in [4.78, 5) is 17.5. The summed E-state index contributed by atoms with van der Waals surface area (Å²) in [6, 6.07) is 4.65. The van der Waals surface area contributed by atoms with Crippen molar-refractivity contribution in [3.05, 3.63) is 21.9 Å². The molecule has 1 aliphatic heterocycles. The molecule has 0 aromatic carbocycles. The van der Waals surface area contributed by atoms with E-state index in [4.69, 9.17) is 0 Å². The molecule has 0 saturated carbocycles. The summed E-state index contributed by atoms with van der Waals surface area (Å²) in [5.74, 6) is 0.299. The predicted octanol–water partition coefficient (Wildman–Crippen LogP) is 4.23. The van der Waals surface area contributed by atoms with E-state index >= 15 is 0 Å². The predicted molar refractivity (Wildman–Crippen MR) is 89.5 cm³/mol. The van der Waals surface area contributed by atoms with Gasteiger partial charge in [0.25, 0.3) is 0 Å². The van der Waals surface area contributed by atoms with Crippen LogP contribution in [0, 0.1) is 6.92 Å². The Morgan fingerprint density at radius 2 is 2.00 bits per heavy atom. The lowest BCUT2D eigenvalue weighted by Gasteiger charge is -2.31. The van der Waals surface area contributed by atoms with Crippen molar-refractivity contribution >= 4 is 17.2 Å². The van der Waals surface area contributed by atoms with E-state index in [0.717, 1.165) is 32.1 Å². The summed E-state index contributed by atoms with van der Waals surface area (Å²) < 4.78 is 0. The topological polar surface area (TPSA) is 32.3 Å². The first kappa shape index (κ1) is 16.5. The second-order valence-electron chi connectivity index (χ2n) is 5.93. The number of aryl methyl sites for hydroxylation is 1. The number of nitrogens with zero attached hydrogens (tertiary/aromatic N) is 1. The maximum Gasteiger partial charge on any atom is 0.241 e. The van der Waals surface area contributed by atoms with Gasteiger partial charge in [-0.25, -0.2) is 0 Å². The number of carbonyl (C=O) groups excluding carboxylic acids is 1. The summed E-state index contributed by atoms with van der Waals surface area (Å²) in [5, 5.41) is 3.59. The van der Waals surface area contributed by atoms with Gasteiger partial charge in [0.05, 0.1) is 6.04 Å². The molecule has 0 aliphatic carbocycles. The highest BCUT2D eigenvalue weighted by Crippen LogP contribution is 2.34. The normalized spacial score (nSPS) is 22.5. The lowest BCUT2D eigenvalue weighted by Crippen LogP contribution is -2.39. The van der Waals surface area contributed by atoms with Gasteiger partial charge >= 0.3 is 0 Å². The van der Waals surface area contributed by atoms with E-state index in [0.29, 0.717) is 11.9 Å². The summed E-state index contributed by atoms with van der Waals surface area (Å²) in [6.45, 7) is 8.66. The van der Waals surface area contributed by atoms with Gasteiger partial charge in [-0.3, -0.25) is 10.1 Å². The standard InChI is InChI=1S/C17H28N2OS/c1-5-8-9-14-17(20)19(13(6-2)7-3)16(18-14)15-11-10-12(4)21-15/h10-11,13-14,16,18H,5-9H2,1-4H3. The maximum atomic E-state index is 12.8. The number of amides is 1. The molecular formula is C17H28N2OS. The monoisotopic (exact) mass is 308 g/mol. The van der Waals surface area contributed by atoms with E-state index in [2.05, 4.69) is 50.0 Å². The molecule has 4 heteroatoms. The minimum atomic E-state index is -0.00189. The Bertz CT molecular complexity index is 467. The zero-order chi connectivity index (χ0) is 15.4. The number of hydrogen-bond donors (Lipinski definition) is 1. The molecule has 2 unspecified atom stereocenters. The summed E-state index contributed by atoms with van der Waals surface area (Å²) >= 11 is 1.80. The van der Waals surface area contributed by atoms with E-state index in [9.17, 15) is 4.79 Å². The molecule has 1 aromatic rings. The van der Waals surface area contributed by atoms with Gasteiger partial charge in [-0.05, 0) is 38.3 Å². The van der Waals surface area contributed by atoms with Gasteiger partial charge in [-0.15, -0.1) is 11.3 Å². The molecule has 1 amide bonds. The smallest absolute Gasteiger partial charge is 0.241 e. The fourth-order valence-electron chi connectivity index (χ4n) is 3.16. The van der Waals surface area contributed by atoms with Crippen molar-refractivity contribution in [2.45, 2.75) is 78.0 Å². The fourth-order valence-corrected chi connectivity index (χ4v) is 4.09. The van der Waals surface area contributed by atoms with Gasteiger partial charge in [0.15, 0.2) is 0 Å². The molecule has 2 atom stereocenters. The van der Waals surface area contributed by atoms with Crippen LogP contribution in [0.3, 0.4) is 0 Å². The van der Waals surface area contributed by atoms with Crippen LogP contribution in [0.1, 0.15) is 68.8 Å². The van der Waals surface area contributed by atoms with Gasteiger partial charge in [-0.1, -0.05) is 33.6 Å². The summed E-state index contributed by atoms with van der Waals surface area (Å²) in [5.41, 5.74) is 0. The van der Waals surface area contributed by atoms with Crippen LogP contribution >= 0.6 is 11.3 Å². The van der Waals surface area contributed by atoms with E-state index in [1.54, 1.807) is 11.3 Å². The molecule has 3 nitrogen and oxygen atoms in total. The highest BCUT2D eigenvalue weighted by molar-refractivity contribution is 7.12. The Morgan fingerprint density at radius 3 is 2.52 bits per heavy atom. The van der Waals surface area contributed by atoms with E-state index in [1.807, 2.05) is 0 Å². The summed E-state index contributed by atoms with van der Waals surface area (Å²) in [6.07, 6.45) is 5.31. The Kier molecular flexibility index (Phi) is 5.82. The van der Waals surface area contributed by atoms with Crippen LogP contribution in [0.2, 0.25) is 0 Å². The zero-order valence-corrected chi connectivity index (χ0v) is 14.5. The molecule has 2 heterocycles. The van der Waals surface area contributed by atoms with Crippen molar-refractivity contribution in [3.63, 3.8) is 0 Å². The van der Waals surface area contributed by atoms with Crippen molar-refractivity contribution in [2.24, 2.45) is 0 Å². The average molecular weight is 308 g/mol. The van der Waals surface area contributed by atoms with Crippen LogP contribution < -0.4 is 5.32 Å². The third kappa shape index (κ3) is 3.49. The quantitative estimate of drug-likeness (QED) is 0.817. The van der Waals surface area contributed by atoms with Gasteiger partial charge < -0.3 is 4.90 Å². The molecule has 1 saturated heterocycles. The van der Waals surface area contributed by atoms with Crippen LogP contribution in [0.15, 0.2) is 12.1 Å². The van der Waals surface area contributed by atoms with Crippen molar-refractivity contribution < 1.29 is 4.79 Å². The Balaban J connectivity index is 2.24. The number of unbranched alkanes of at least 4 members (excludes halogenated alkanes) is 1. The lowest BCUT2D eigenvalue weighted by molar-refractivity contribution is -0.132. The molecule has 1 aliphatic rings. The van der Waals surface area contributed by atoms with Gasteiger partial charge in [-0.2, -0.15) is 0 Å². The maximum absolute atomic E-state index is 12.8. The first-order valence-electron chi connectivity index (χ1n) is 8.26. The first-order valence-corrected chi connectivity index (χ1v) is 9.08. The Hall–Kier alpha value is -0.870. The number of nitrogens with one attached hydrogen (secondary N) is 1. The minimum Gasteiger partial charge on any atom is -0.318 e. The first-order chi connectivity index (χ1) is 10.1. The van der Waals surface area contributed by atoms with E-state index in [-0.39, 0.29) is 12.2 Å². The largest absolute Gasteiger partial charge is 0.318 e. The Labute approximate surface area is 132 Å². The van der Waals surface area contributed by atoms with E-state index < -0.39 is 0 Å². The number of rotatable bonds is 7. The highest BCUT2D eigenvalue weighted by Gasteiger charge is 2.42. The van der Waals surface area contributed by atoms with Crippen LogP contribution in [0.4, 0.5) is 0 Å². The van der Waals surface area contributed by atoms with Gasteiger partial charge in [0, 0.05) is 15.8 Å². The van der Waals surface area contributed by atoms with Crippen LogP contribution in [-0.2, 0) is 4.79 Å².